The zero-order valence-corrected chi connectivity index (χ0v) is 9.03. The van der Waals surface area contributed by atoms with Gasteiger partial charge in [-0.2, -0.15) is 0 Å². The van der Waals surface area contributed by atoms with Crippen LogP contribution >= 0.6 is 24.8 Å². The van der Waals surface area contributed by atoms with Gasteiger partial charge in [-0.25, -0.2) is 9.59 Å². The molecule has 0 spiro atoms. The van der Waals surface area contributed by atoms with Crippen LogP contribution in [0.3, 0.4) is 0 Å². The first-order valence-electron chi connectivity index (χ1n) is 3.26. The van der Waals surface area contributed by atoms with Crippen molar-refractivity contribution in [3.63, 3.8) is 0 Å². The standard InChI is InChI=1S/C6H6.C2H2O5.2ClH/c1-2-4-6-5-3-1;3-1(4)7-2(5)6;;/h1-6H;(H,3,4)(H,5,6);2*1H. The second kappa shape index (κ2) is 12.5. The monoisotopic (exact) mass is 256 g/mol. The van der Waals surface area contributed by atoms with Crippen LogP contribution in [0.2, 0.25) is 0 Å². The fourth-order valence-corrected chi connectivity index (χ4v) is 0.460. The van der Waals surface area contributed by atoms with E-state index in [1.807, 2.05) is 36.4 Å². The van der Waals surface area contributed by atoms with E-state index in [-0.39, 0.29) is 24.8 Å². The molecule has 5 nitrogen and oxygen atoms in total. The van der Waals surface area contributed by atoms with E-state index in [4.69, 9.17) is 10.2 Å². The number of rotatable bonds is 0. The van der Waals surface area contributed by atoms with Gasteiger partial charge >= 0.3 is 12.3 Å². The molecule has 0 aliphatic heterocycles. The molecule has 0 aliphatic rings. The molecule has 0 aliphatic carbocycles. The molecule has 1 rings (SSSR count). The van der Waals surface area contributed by atoms with E-state index in [9.17, 15) is 9.59 Å². The Hall–Kier alpha value is -1.46. The van der Waals surface area contributed by atoms with Gasteiger partial charge in [0.15, 0.2) is 0 Å². The van der Waals surface area contributed by atoms with Crippen LogP contribution in [0.5, 0.6) is 0 Å². The van der Waals surface area contributed by atoms with Gasteiger partial charge in [0, 0.05) is 0 Å². The Bertz CT molecular complexity index is 226. The molecule has 2 N–H and O–H groups in total. The van der Waals surface area contributed by atoms with Crippen LogP contribution in [-0.2, 0) is 4.74 Å². The Morgan fingerprint density at radius 3 is 1.00 bits per heavy atom. The van der Waals surface area contributed by atoms with Gasteiger partial charge in [-0.1, -0.05) is 36.4 Å². The van der Waals surface area contributed by atoms with Crippen molar-refractivity contribution in [2.45, 2.75) is 0 Å². The summed E-state index contributed by atoms with van der Waals surface area (Å²) in [6.07, 6.45) is -3.62. The van der Waals surface area contributed by atoms with Gasteiger partial charge in [0.25, 0.3) is 0 Å². The zero-order chi connectivity index (χ0) is 10.1. The summed E-state index contributed by atoms with van der Waals surface area (Å²) in [6.45, 7) is 0. The van der Waals surface area contributed by atoms with Gasteiger partial charge in [-0.05, 0) is 0 Å². The third-order valence-electron chi connectivity index (χ3n) is 0.841. The Balaban J connectivity index is -0.000000170. The van der Waals surface area contributed by atoms with Crippen molar-refractivity contribution in [1.82, 2.24) is 0 Å². The summed E-state index contributed by atoms with van der Waals surface area (Å²) < 4.78 is 3.08. The quantitative estimate of drug-likeness (QED) is 0.551. The summed E-state index contributed by atoms with van der Waals surface area (Å²) in [5, 5.41) is 15.0. The average Bonchev–Trinajstić information content (AvgIpc) is 2.06. The molecule has 15 heavy (non-hydrogen) atoms. The van der Waals surface area contributed by atoms with Crippen molar-refractivity contribution in [1.29, 1.82) is 0 Å². The molecule has 0 unspecified atom stereocenters. The normalized spacial score (nSPS) is 6.67. The Labute approximate surface area is 98.5 Å². The maximum atomic E-state index is 9.21. The van der Waals surface area contributed by atoms with Gasteiger partial charge in [-0.3, -0.25) is 0 Å². The number of carboxylic acid groups (broad SMARTS) is 2. The van der Waals surface area contributed by atoms with Crippen LogP contribution in [0, 0.1) is 0 Å². The highest BCUT2D eigenvalue weighted by Gasteiger charge is 2.01. The van der Waals surface area contributed by atoms with E-state index in [1.165, 1.54) is 0 Å². The minimum Gasteiger partial charge on any atom is -0.449 e. The molecule has 0 bridgehead atoms. The van der Waals surface area contributed by atoms with E-state index in [0.717, 1.165) is 0 Å². The van der Waals surface area contributed by atoms with Gasteiger partial charge < -0.3 is 14.9 Å². The van der Waals surface area contributed by atoms with Crippen LogP contribution in [0.25, 0.3) is 0 Å². The summed E-state index contributed by atoms with van der Waals surface area (Å²) in [5.41, 5.74) is 0. The second-order valence-corrected chi connectivity index (χ2v) is 1.79. The number of halogens is 2. The maximum Gasteiger partial charge on any atom is 0.516 e. The number of carbonyl (C=O) groups is 2. The largest absolute Gasteiger partial charge is 0.516 e. The molecule has 0 saturated heterocycles. The molecule has 1 aromatic carbocycles. The third kappa shape index (κ3) is 19.1. The molecule has 0 aromatic heterocycles. The van der Waals surface area contributed by atoms with Gasteiger partial charge in [0.2, 0.25) is 0 Å². The number of ether oxygens (including phenoxy) is 1. The first-order chi connectivity index (χ1) is 6.13. The Morgan fingerprint density at radius 2 is 0.933 bits per heavy atom. The van der Waals surface area contributed by atoms with E-state index in [0.29, 0.717) is 0 Å². The van der Waals surface area contributed by atoms with Crippen molar-refractivity contribution in [2.75, 3.05) is 0 Å². The Kier molecular flexibility index (Phi) is 16.0. The second-order valence-electron chi connectivity index (χ2n) is 1.79. The topological polar surface area (TPSA) is 83.8 Å². The number of benzene rings is 1. The van der Waals surface area contributed by atoms with Crippen molar-refractivity contribution >= 4 is 37.1 Å². The molecular weight excluding hydrogens is 247 g/mol. The highest BCUT2D eigenvalue weighted by molar-refractivity contribution is 5.85. The van der Waals surface area contributed by atoms with Crippen LogP contribution in [0.4, 0.5) is 9.59 Å². The molecule has 86 valence electrons. The molecule has 7 heteroatoms. The van der Waals surface area contributed by atoms with E-state index in [2.05, 4.69) is 4.74 Å². The molecule has 0 amide bonds. The van der Waals surface area contributed by atoms with E-state index >= 15 is 0 Å². The van der Waals surface area contributed by atoms with Gasteiger partial charge in [0.1, 0.15) is 0 Å². The summed E-state index contributed by atoms with van der Waals surface area (Å²) in [5.74, 6) is 0. The zero-order valence-electron chi connectivity index (χ0n) is 7.40. The van der Waals surface area contributed by atoms with Crippen molar-refractivity contribution in [3.8, 4) is 0 Å². The molecule has 0 saturated carbocycles. The minimum atomic E-state index is -1.81. The fourth-order valence-electron chi connectivity index (χ4n) is 0.460. The number of hydrogen-bond donors (Lipinski definition) is 2. The highest BCUT2D eigenvalue weighted by Crippen LogP contribution is 1.79. The summed E-state index contributed by atoms with van der Waals surface area (Å²) in [4.78, 5) is 18.4. The highest BCUT2D eigenvalue weighted by atomic mass is 35.5. The first-order valence-corrected chi connectivity index (χ1v) is 3.26. The van der Waals surface area contributed by atoms with Crippen molar-refractivity contribution < 1.29 is 24.5 Å². The predicted octanol–water partition coefficient (Wildman–Crippen LogP) is 2.89. The minimum absolute atomic E-state index is 0. The van der Waals surface area contributed by atoms with Gasteiger partial charge in [0.05, 0.1) is 0 Å². The molecule has 0 radical (unpaired) electrons. The van der Waals surface area contributed by atoms with E-state index < -0.39 is 12.3 Å². The summed E-state index contributed by atoms with van der Waals surface area (Å²) in [7, 11) is 0. The molecular formula is C8H10Cl2O5. The average molecular weight is 257 g/mol. The molecule has 1 aromatic rings. The SMILES string of the molecule is Cl.Cl.O=C(O)OC(=O)O.c1ccccc1. The fraction of sp³-hybridized carbons (Fsp3) is 0. The Morgan fingerprint density at radius 1 is 0.733 bits per heavy atom. The molecule has 0 heterocycles. The van der Waals surface area contributed by atoms with Crippen LogP contribution in [0.15, 0.2) is 36.4 Å². The third-order valence-corrected chi connectivity index (χ3v) is 0.841. The van der Waals surface area contributed by atoms with Crippen molar-refractivity contribution in [2.24, 2.45) is 0 Å². The lowest BCUT2D eigenvalue weighted by Crippen LogP contribution is -2.05. The number of hydrogen-bond acceptors (Lipinski definition) is 3. The lowest BCUT2D eigenvalue weighted by Gasteiger charge is -1.84. The lowest BCUT2D eigenvalue weighted by atomic mass is 10.4. The lowest BCUT2D eigenvalue weighted by molar-refractivity contribution is 0.0802. The molecule has 0 atom stereocenters. The van der Waals surface area contributed by atoms with Crippen molar-refractivity contribution in [3.05, 3.63) is 36.4 Å². The summed E-state index contributed by atoms with van der Waals surface area (Å²) >= 11 is 0. The summed E-state index contributed by atoms with van der Waals surface area (Å²) in [6, 6.07) is 12.0. The smallest absolute Gasteiger partial charge is 0.449 e. The van der Waals surface area contributed by atoms with Crippen LogP contribution < -0.4 is 0 Å². The molecule has 0 fully saturated rings. The van der Waals surface area contributed by atoms with Gasteiger partial charge in [-0.15, -0.1) is 24.8 Å². The maximum absolute atomic E-state index is 9.21. The van der Waals surface area contributed by atoms with Crippen LogP contribution in [-0.4, -0.2) is 22.5 Å². The first kappa shape index (κ1) is 19.2. The van der Waals surface area contributed by atoms with E-state index in [1.54, 1.807) is 0 Å². The van der Waals surface area contributed by atoms with Crippen LogP contribution in [0.1, 0.15) is 0 Å². The predicted molar refractivity (Wildman–Crippen MR) is 58.1 cm³/mol.